The highest BCUT2D eigenvalue weighted by molar-refractivity contribution is 5.96. The summed E-state index contributed by atoms with van der Waals surface area (Å²) >= 11 is 0. The van der Waals surface area contributed by atoms with Crippen molar-refractivity contribution in [2.75, 3.05) is 20.7 Å². The number of ether oxygens (including phenoxy) is 1. The normalized spacial score (nSPS) is 9.55. The third kappa shape index (κ3) is 4.10. The summed E-state index contributed by atoms with van der Waals surface area (Å²) in [7, 11) is 3.32. The summed E-state index contributed by atoms with van der Waals surface area (Å²) in [6, 6.07) is 12.8. The number of carbonyl (C=O) groups is 1. The quantitative estimate of drug-likeness (QED) is 0.814. The SMILES string of the molecule is COc1ccccc1C(=O)N(C)CCC#Cc1ccccn1. The zero-order valence-electron chi connectivity index (χ0n) is 12.7. The number of benzene rings is 1. The fourth-order valence-electron chi connectivity index (χ4n) is 1.94. The van der Waals surface area contributed by atoms with Crippen molar-refractivity contribution in [3.8, 4) is 17.6 Å². The third-order valence-corrected chi connectivity index (χ3v) is 3.14. The lowest BCUT2D eigenvalue weighted by atomic mass is 10.1. The molecule has 1 amide bonds. The molecule has 2 aromatic rings. The van der Waals surface area contributed by atoms with Crippen molar-refractivity contribution in [2.45, 2.75) is 6.42 Å². The monoisotopic (exact) mass is 294 g/mol. The van der Waals surface area contributed by atoms with Gasteiger partial charge in [-0.15, -0.1) is 0 Å². The minimum atomic E-state index is -0.0721. The van der Waals surface area contributed by atoms with E-state index in [-0.39, 0.29) is 5.91 Å². The van der Waals surface area contributed by atoms with E-state index in [0.29, 0.717) is 24.3 Å². The maximum Gasteiger partial charge on any atom is 0.257 e. The second kappa shape index (κ2) is 7.84. The smallest absolute Gasteiger partial charge is 0.257 e. The van der Waals surface area contributed by atoms with Crippen LogP contribution in [0.4, 0.5) is 0 Å². The van der Waals surface area contributed by atoms with Crippen LogP contribution in [0.1, 0.15) is 22.5 Å². The highest BCUT2D eigenvalue weighted by Crippen LogP contribution is 2.18. The molecule has 0 radical (unpaired) electrons. The van der Waals surface area contributed by atoms with E-state index in [1.165, 1.54) is 0 Å². The maximum absolute atomic E-state index is 12.4. The van der Waals surface area contributed by atoms with Gasteiger partial charge in [0.05, 0.1) is 12.7 Å². The van der Waals surface area contributed by atoms with Gasteiger partial charge in [-0.05, 0) is 30.2 Å². The summed E-state index contributed by atoms with van der Waals surface area (Å²) in [4.78, 5) is 18.1. The summed E-state index contributed by atoms with van der Waals surface area (Å²) in [6.07, 6.45) is 2.30. The fraction of sp³-hybridized carbons (Fsp3) is 0.222. The van der Waals surface area contributed by atoms with Crippen molar-refractivity contribution in [2.24, 2.45) is 0 Å². The Balaban J connectivity index is 1.94. The van der Waals surface area contributed by atoms with Gasteiger partial charge < -0.3 is 9.64 Å². The predicted octanol–water partition coefficient (Wildman–Crippen LogP) is 2.60. The molecule has 0 atom stereocenters. The van der Waals surface area contributed by atoms with Gasteiger partial charge in [0.25, 0.3) is 5.91 Å². The van der Waals surface area contributed by atoms with Gasteiger partial charge in [0, 0.05) is 26.2 Å². The molecule has 0 aliphatic heterocycles. The molecule has 0 saturated carbocycles. The fourth-order valence-corrected chi connectivity index (χ4v) is 1.94. The molecule has 0 bridgehead atoms. The lowest BCUT2D eigenvalue weighted by Gasteiger charge is -2.17. The van der Waals surface area contributed by atoms with Crippen molar-refractivity contribution >= 4 is 5.91 Å². The van der Waals surface area contributed by atoms with E-state index in [1.54, 1.807) is 37.4 Å². The number of para-hydroxylation sites is 1. The van der Waals surface area contributed by atoms with E-state index in [4.69, 9.17) is 4.74 Å². The molecular formula is C18H18N2O2. The summed E-state index contributed by atoms with van der Waals surface area (Å²) in [5, 5.41) is 0. The van der Waals surface area contributed by atoms with Crippen molar-refractivity contribution in [1.29, 1.82) is 0 Å². The topological polar surface area (TPSA) is 42.4 Å². The zero-order valence-corrected chi connectivity index (χ0v) is 12.7. The average Bonchev–Trinajstić information content (AvgIpc) is 2.58. The lowest BCUT2D eigenvalue weighted by molar-refractivity contribution is 0.0795. The Kier molecular flexibility index (Phi) is 5.56. The molecule has 0 aliphatic rings. The first-order valence-corrected chi connectivity index (χ1v) is 7.00. The van der Waals surface area contributed by atoms with E-state index in [9.17, 15) is 4.79 Å². The van der Waals surface area contributed by atoms with E-state index in [1.807, 2.05) is 30.3 Å². The number of aromatic nitrogens is 1. The molecule has 0 fully saturated rings. The van der Waals surface area contributed by atoms with Crippen molar-refractivity contribution in [1.82, 2.24) is 9.88 Å². The molecule has 1 heterocycles. The van der Waals surface area contributed by atoms with Crippen molar-refractivity contribution in [3.05, 3.63) is 59.9 Å². The van der Waals surface area contributed by atoms with Crippen LogP contribution >= 0.6 is 0 Å². The number of pyridine rings is 1. The largest absolute Gasteiger partial charge is 0.496 e. The summed E-state index contributed by atoms with van der Waals surface area (Å²) in [6.45, 7) is 0.552. The number of nitrogens with zero attached hydrogens (tertiary/aromatic N) is 2. The van der Waals surface area contributed by atoms with Crippen molar-refractivity contribution < 1.29 is 9.53 Å². The molecule has 0 unspecified atom stereocenters. The van der Waals surface area contributed by atoms with Crippen LogP contribution in [-0.2, 0) is 0 Å². The van der Waals surface area contributed by atoms with Crippen LogP contribution in [-0.4, -0.2) is 36.5 Å². The lowest BCUT2D eigenvalue weighted by Crippen LogP contribution is -2.27. The van der Waals surface area contributed by atoms with Crippen LogP contribution in [0.5, 0.6) is 5.75 Å². The summed E-state index contributed by atoms with van der Waals surface area (Å²) in [5.74, 6) is 6.52. The number of carbonyl (C=O) groups excluding carboxylic acids is 1. The Morgan fingerprint density at radius 1 is 1.23 bits per heavy atom. The molecule has 4 nitrogen and oxygen atoms in total. The highest BCUT2D eigenvalue weighted by atomic mass is 16.5. The van der Waals surface area contributed by atoms with Crippen LogP contribution in [0.25, 0.3) is 0 Å². The van der Waals surface area contributed by atoms with Gasteiger partial charge in [-0.3, -0.25) is 4.79 Å². The van der Waals surface area contributed by atoms with Gasteiger partial charge >= 0.3 is 0 Å². The number of rotatable bonds is 4. The van der Waals surface area contributed by atoms with E-state index >= 15 is 0 Å². The van der Waals surface area contributed by atoms with E-state index in [0.717, 1.165) is 5.69 Å². The van der Waals surface area contributed by atoms with E-state index in [2.05, 4.69) is 16.8 Å². The Morgan fingerprint density at radius 3 is 2.73 bits per heavy atom. The molecule has 0 spiro atoms. The van der Waals surface area contributed by atoms with Gasteiger partial charge in [0.1, 0.15) is 11.4 Å². The van der Waals surface area contributed by atoms with Gasteiger partial charge in [0.2, 0.25) is 0 Å². The van der Waals surface area contributed by atoms with Crippen LogP contribution < -0.4 is 4.74 Å². The van der Waals surface area contributed by atoms with Gasteiger partial charge in [-0.2, -0.15) is 0 Å². The minimum Gasteiger partial charge on any atom is -0.496 e. The number of methoxy groups -OCH3 is 1. The molecule has 0 N–H and O–H groups in total. The Hall–Kier alpha value is -2.80. The molecule has 2 rings (SSSR count). The first kappa shape index (κ1) is 15.6. The number of hydrogen-bond donors (Lipinski definition) is 0. The summed E-state index contributed by atoms with van der Waals surface area (Å²) < 4.78 is 5.22. The number of hydrogen-bond acceptors (Lipinski definition) is 3. The Bertz CT molecular complexity index is 687. The molecule has 4 heteroatoms. The molecule has 112 valence electrons. The average molecular weight is 294 g/mol. The third-order valence-electron chi connectivity index (χ3n) is 3.14. The first-order chi connectivity index (χ1) is 10.7. The Labute approximate surface area is 130 Å². The highest BCUT2D eigenvalue weighted by Gasteiger charge is 2.15. The van der Waals surface area contributed by atoms with Crippen molar-refractivity contribution in [3.63, 3.8) is 0 Å². The van der Waals surface area contributed by atoms with Crippen LogP contribution in [0.3, 0.4) is 0 Å². The molecule has 1 aromatic heterocycles. The maximum atomic E-state index is 12.4. The van der Waals surface area contributed by atoms with Crippen LogP contribution in [0, 0.1) is 11.8 Å². The second-order valence-electron chi connectivity index (χ2n) is 4.69. The molecule has 0 saturated heterocycles. The second-order valence-corrected chi connectivity index (χ2v) is 4.69. The van der Waals surface area contributed by atoms with E-state index < -0.39 is 0 Å². The standard InChI is InChI=1S/C18H18N2O2/c1-20(14-8-6-10-15-9-5-7-13-19-15)18(21)16-11-3-4-12-17(16)22-2/h3-5,7,9,11-13H,8,14H2,1-2H3. The number of amides is 1. The van der Waals surface area contributed by atoms with Gasteiger partial charge in [-0.1, -0.05) is 24.1 Å². The van der Waals surface area contributed by atoms with Crippen LogP contribution in [0.15, 0.2) is 48.7 Å². The van der Waals surface area contributed by atoms with Gasteiger partial charge in [-0.25, -0.2) is 4.98 Å². The molecule has 1 aromatic carbocycles. The molecule has 0 aliphatic carbocycles. The molecular weight excluding hydrogens is 276 g/mol. The predicted molar refractivity (Wildman–Crippen MR) is 85.7 cm³/mol. The Morgan fingerprint density at radius 2 is 2.00 bits per heavy atom. The minimum absolute atomic E-state index is 0.0721. The first-order valence-electron chi connectivity index (χ1n) is 7.00. The summed E-state index contributed by atoms with van der Waals surface area (Å²) in [5.41, 5.74) is 1.30. The van der Waals surface area contributed by atoms with Gasteiger partial charge in [0.15, 0.2) is 0 Å². The zero-order chi connectivity index (χ0) is 15.8. The van der Waals surface area contributed by atoms with Crippen LogP contribution in [0.2, 0.25) is 0 Å². The molecule has 22 heavy (non-hydrogen) atoms.